The molecule has 4 heteroatoms. The first-order chi connectivity index (χ1) is 5.25. The van der Waals surface area contributed by atoms with E-state index in [0.717, 1.165) is 6.07 Å². The van der Waals surface area contributed by atoms with Crippen LogP contribution in [-0.2, 0) is 4.79 Å². The summed E-state index contributed by atoms with van der Waals surface area (Å²) in [5, 5.41) is 11.0. The zero-order valence-corrected chi connectivity index (χ0v) is 5.54. The summed E-state index contributed by atoms with van der Waals surface area (Å²) in [6.07, 6.45) is 0.304. The molecular formula is C7H6FNO2. The summed E-state index contributed by atoms with van der Waals surface area (Å²) in [7, 11) is 0. The standard InChI is InChI=1S/C7H6FNO2/c8-5-2-1-3-6(11)7(5)9-4-10/h1-4,11H,(H,9,10). The Hall–Kier alpha value is -1.58. The molecule has 0 heterocycles. The predicted octanol–water partition coefficient (Wildman–Crippen LogP) is 1.10. The second-order valence-corrected chi connectivity index (χ2v) is 1.90. The van der Waals surface area contributed by atoms with E-state index >= 15 is 0 Å². The fraction of sp³-hybridized carbons (Fsp3) is 0. The average Bonchev–Trinajstić information content (AvgIpc) is 1.97. The zero-order valence-electron chi connectivity index (χ0n) is 5.54. The number of phenols is 1. The normalized spacial score (nSPS) is 9.18. The van der Waals surface area contributed by atoms with E-state index in [0.29, 0.717) is 6.41 Å². The van der Waals surface area contributed by atoms with E-state index in [1.165, 1.54) is 12.1 Å². The Labute approximate surface area is 62.5 Å². The number of hydrogen-bond donors (Lipinski definition) is 2. The lowest BCUT2D eigenvalue weighted by Crippen LogP contribution is -1.96. The summed E-state index contributed by atoms with van der Waals surface area (Å²) in [6, 6.07) is 3.78. The van der Waals surface area contributed by atoms with Crippen LogP contribution in [0.4, 0.5) is 10.1 Å². The third kappa shape index (κ3) is 1.46. The number of carbonyl (C=O) groups excluding carboxylic acids is 1. The summed E-state index contributed by atoms with van der Waals surface area (Å²) >= 11 is 0. The first-order valence-corrected chi connectivity index (χ1v) is 2.93. The molecule has 0 atom stereocenters. The highest BCUT2D eigenvalue weighted by Gasteiger charge is 2.04. The maximum Gasteiger partial charge on any atom is 0.211 e. The summed E-state index contributed by atoms with van der Waals surface area (Å²) in [4.78, 5) is 9.89. The highest BCUT2D eigenvalue weighted by molar-refractivity contribution is 5.75. The van der Waals surface area contributed by atoms with E-state index in [1.807, 2.05) is 5.32 Å². The number of aromatic hydroxyl groups is 1. The van der Waals surface area contributed by atoms with E-state index in [1.54, 1.807) is 0 Å². The van der Waals surface area contributed by atoms with Crippen molar-refractivity contribution in [2.24, 2.45) is 0 Å². The molecule has 0 radical (unpaired) electrons. The van der Waals surface area contributed by atoms with Crippen molar-refractivity contribution in [3.05, 3.63) is 24.0 Å². The molecule has 58 valence electrons. The van der Waals surface area contributed by atoms with Gasteiger partial charge in [0.2, 0.25) is 6.41 Å². The first-order valence-electron chi connectivity index (χ1n) is 2.93. The number of anilines is 1. The number of benzene rings is 1. The van der Waals surface area contributed by atoms with Crippen molar-refractivity contribution >= 4 is 12.1 Å². The Bertz CT molecular complexity index is 255. The van der Waals surface area contributed by atoms with Crippen LogP contribution in [0, 0.1) is 5.82 Å². The number of amides is 1. The summed E-state index contributed by atoms with van der Waals surface area (Å²) in [5.74, 6) is -0.936. The van der Waals surface area contributed by atoms with Crippen molar-refractivity contribution in [3.8, 4) is 5.75 Å². The SMILES string of the molecule is O=CNc1c(O)cccc1F. The Balaban J connectivity index is 3.09. The van der Waals surface area contributed by atoms with Gasteiger partial charge in [-0.1, -0.05) is 6.07 Å². The van der Waals surface area contributed by atoms with Gasteiger partial charge in [-0.3, -0.25) is 4.79 Å². The van der Waals surface area contributed by atoms with E-state index < -0.39 is 5.82 Å². The fourth-order valence-corrected chi connectivity index (χ4v) is 0.715. The van der Waals surface area contributed by atoms with Gasteiger partial charge in [-0.15, -0.1) is 0 Å². The molecule has 0 aliphatic rings. The molecular weight excluding hydrogens is 149 g/mol. The number of halogens is 1. The van der Waals surface area contributed by atoms with Crippen LogP contribution in [0.25, 0.3) is 0 Å². The molecule has 0 saturated carbocycles. The topological polar surface area (TPSA) is 49.3 Å². The maximum absolute atomic E-state index is 12.7. The second kappa shape index (κ2) is 3.01. The van der Waals surface area contributed by atoms with Crippen molar-refractivity contribution in [2.75, 3.05) is 5.32 Å². The van der Waals surface area contributed by atoms with Gasteiger partial charge in [-0.05, 0) is 12.1 Å². The lowest BCUT2D eigenvalue weighted by atomic mass is 10.3. The summed E-state index contributed by atoms with van der Waals surface area (Å²) < 4.78 is 12.7. The molecule has 1 aromatic rings. The molecule has 0 aromatic heterocycles. The maximum atomic E-state index is 12.7. The van der Waals surface area contributed by atoms with Crippen LogP contribution in [0.3, 0.4) is 0 Å². The van der Waals surface area contributed by atoms with Crippen molar-refractivity contribution < 1.29 is 14.3 Å². The van der Waals surface area contributed by atoms with Gasteiger partial charge < -0.3 is 10.4 Å². The number of carbonyl (C=O) groups is 1. The Kier molecular flexibility index (Phi) is 2.06. The molecule has 2 N–H and O–H groups in total. The van der Waals surface area contributed by atoms with Gasteiger partial charge in [0, 0.05) is 0 Å². The minimum Gasteiger partial charge on any atom is -0.506 e. The van der Waals surface area contributed by atoms with E-state index in [4.69, 9.17) is 5.11 Å². The molecule has 0 fully saturated rings. The smallest absolute Gasteiger partial charge is 0.211 e. The summed E-state index contributed by atoms with van der Waals surface area (Å²) in [6.45, 7) is 0. The number of hydrogen-bond acceptors (Lipinski definition) is 2. The Morgan fingerprint density at radius 2 is 2.27 bits per heavy atom. The van der Waals surface area contributed by atoms with Crippen molar-refractivity contribution in [2.45, 2.75) is 0 Å². The van der Waals surface area contributed by atoms with E-state index in [9.17, 15) is 9.18 Å². The lowest BCUT2D eigenvalue weighted by Gasteiger charge is -2.01. The van der Waals surface area contributed by atoms with Crippen LogP contribution in [0.2, 0.25) is 0 Å². The van der Waals surface area contributed by atoms with Gasteiger partial charge in [0.25, 0.3) is 0 Å². The lowest BCUT2D eigenvalue weighted by molar-refractivity contribution is -0.105. The highest BCUT2D eigenvalue weighted by atomic mass is 19.1. The largest absolute Gasteiger partial charge is 0.506 e. The molecule has 0 spiro atoms. The van der Waals surface area contributed by atoms with Crippen LogP contribution in [-0.4, -0.2) is 11.5 Å². The third-order valence-corrected chi connectivity index (χ3v) is 1.19. The third-order valence-electron chi connectivity index (χ3n) is 1.19. The Morgan fingerprint density at radius 1 is 1.55 bits per heavy atom. The monoisotopic (exact) mass is 155 g/mol. The molecule has 0 bridgehead atoms. The number of para-hydroxylation sites is 1. The number of nitrogens with one attached hydrogen (secondary N) is 1. The molecule has 1 rings (SSSR count). The van der Waals surface area contributed by atoms with Crippen LogP contribution in [0.5, 0.6) is 5.75 Å². The van der Waals surface area contributed by atoms with Crippen LogP contribution in [0.1, 0.15) is 0 Å². The molecule has 0 unspecified atom stereocenters. The van der Waals surface area contributed by atoms with Crippen LogP contribution < -0.4 is 5.32 Å². The molecule has 0 saturated heterocycles. The quantitative estimate of drug-likeness (QED) is 0.496. The van der Waals surface area contributed by atoms with E-state index in [2.05, 4.69) is 0 Å². The highest BCUT2D eigenvalue weighted by Crippen LogP contribution is 2.24. The summed E-state index contributed by atoms with van der Waals surface area (Å²) in [5.41, 5.74) is -0.192. The second-order valence-electron chi connectivity index (χ2n) is 1.90. The first kappa shape index (κ1) is 7.53. The molecule has 0 aliphatic heterocycles. The Morgan fingerprint density at radius 3 is 2.82 bits per heavy atom. The zero-order chi connectivity index (χ0) is 8.27. The van der Waals surface area contributed by atoms with Crippen LogP contribution >= 0.6 is 0 Å². The van der Waals surface area contributed by atoms with Gasteiger partial charge in [-0.2, -0.15) is 0 Å². The van der Waals surface area contributed by atoms with Crippen molar-refractivity contribution in [3.63, 3.8) is 0 Å². The van der Waals surface area contributed by atoms with Crippen molar-refractivity contribution in [1.29, 1.82) is 0 Å². The minimum absolute atomic E-state index is 0.192. The van der Waals surface area contributed by atoms with Crippen LogP contribution in [0.15, 0.2) is 18.2 Å². The van der Waals surface area contributed by atoms with E-state index in [-0.39, 0.29) is 11.4 Å². The predicted molar refractivity (Wildman–Crippen MR) is 37.8 cm³/mol. The van der Waals surface area contributed by atoms with Gasteiger partial charge in [0.05, 0.1) is 0 Å². The van der Waals surface area contributed by atoms with Gasteiger partial charge >= 0.3 is 0 Å². The number of rotatable bonds is 2. The van der Waals surface area contributed by atoms with Crippen molar-refractivity contribution in [1.82, 2.24) is 0 Å². The molecule has 3 nitrogen and oxygen atoms in total. The fourth-order valence-electron chi connectivity index (χ4n) is 0.715. The van der Waals surface area contributed by atoms with Gasteiger partial charge in [0.15, 0.2) is 5.82 Å². The van der Waals surface area contributed by atoms with Gasteiger partial charge in [0.1, 0.15) is 11.4 Å². The minimum atomic E-state index is -0.655. The average molecular weight is 155 g/mol. The molecule has 11 heavy (non-hydrogen) atoms. The van der Waals surface area contributed by atoms with Gasteiger partial charge in [-0.25, -0.2) is 4.39 Å². The molecule has 1 aromatic carbocycles. The molecule has 1 amide bonds. The number of phenolic OH excluding ortho intramolecular Hbond substituents is 1. The molecule has 0 aliphatic carbocycles.